The Morgan fingerprint density at radius 3 is 2.33 bits per heavy atom. The van der Waals surface area contributed by atoms with Crippen LogP contribution in [0, 0.1) is 11.8 Å². The van der Waals surface area contributed by atoms with Gasteiger partial charge in [-0.2, -0.15) is 0 Å². The van der Waals surface area contributed by atoms with E-state index >= 15 is 0 Å². The molecular weight excluding hydrogens is 379 g/mol. The highest BCUT2D eigenvalue weighted by Crippen LogP contribution is 2.27. The molecule has 1 aliphatic carbocycles. The van der Waals surface area contributed by atoms with E-state index in [1.165, 1.54) is 25.7 Å². The molecule has 124 valence electrons. The van der Waals surface area contributed by atoms with Gasteiger partial charge in [-0.05, 0) is 24.7 Å². The lowest BCUT2D eigenvalue weighted by molar-refractivity contribution is -0.121. The Balaban J connectivity index is 0.00000400. The summed E-state index contributed by atoms with van der Waals surface area (Å²) in [5.74, 6) is 2.18. The minimum Gasteiger partial charge on any atom is -0.356 e. The lowest BCUT2D eigenvalue weighted by Crippen LogP contribution is -2.42. The van der Waals surface area contributed by atoms with Crippen LogP contribution in [0.25, 0.3) is 0 Å². The Labute approximate surface area is 146 Å². The van der Waals surface area contributed by atoms with Crippen molar-refractivity contribution < 1.29 is 4.79 Å². The van der Waals surface area contributed by atoms with Crippen LogP contribution in [-0.2, 0) is 4.79 Å². The zero-order valence-corrected chi connectivity index (χ0v) is 15.9. The summed E-state index contributed by atoms with van der Waals surface area (Å²) in [6, 6.07) is 0. The first-order valence-electron chi connectivity index (χ1n) is 7.83. The third-order valence-electron chi connectivity index (χ3n) is 3.59. The Morgan fingerprint density at radius 1 is 1.14 bits per heavy atom. The van der Waals surface area contributed by atoms with E-state index in [-0.39, 0.29) is 29.9 Å². The molecule has 0 aromatic rings. The summed E-state index contributed by atoms with van der Waals surface area (Å²) in [5.41, 5.74) is 0. The van der Waals surface area contributed by atoms with Gasteiger partial charge in [0.2, 0.25) is 5.91 Å². The van der Waals surface area contributed by atoms with Gasteiger partial charge in [0.05, 0.1) is 0 Å². The third-order valence-corrected chi connectivity index (χ3v) is 3.59. The quantitative estimate of drug-likeness (QED) is 0.261. The molecule has 0 unspecified atom stereocenters. The van der Waals surface area contributed by atoms with E-state index in [9.17, 15) is 4.79 Å². The number of hydrogen-bond donors (Lipinski definition) is 3. The van der Waals surface area contributed by atoms with E-state index in [1.54, 1.807) is 7.05 Å². The number of nitrogens with one attached hydrogen (secondary N) is 3. The molecule has 0 bridgehead atoms. The zero-order valence-electron chi connectivity index (χ0n) is 13.6. The van der Waals surface area contributed by atoms with Gasteiger partial charge in [0, 0.05) is 33.1 Å². The summed E-state index contributed by atoms with van der Waals surface area (Å²) in [7, 11) is 1.76. The van der Waals surface area contributed by atoms with Crippen LogP contribution in [0.2, 0.25) is 0 Å². The molecule has 3 N–H and O–H groups in total. The van der Waals surface area contributed by atoms with Crippen molar-refractivity contribution in [2.45, 2.75) is 46.0 Å². The second-order valence-corrected chi connectivity index (χ2v) is 5.98. The van der Waals surface area contributed by atoms with Gasteiger partial charge in [-0.15, -0.1) is 24.0 Å². The van der Waals surface area contributed by atoms with E-state index in [0.717, 1.165) is 12.5 Å². The van der Waals surface area contributed by atoms with Crippen molar-refractivity contribution in [3.8, 4) is 0 Å². The zero-order chi connectivity index (χ0) is 14.8. The number of carbonyl (C=O) groups is 1. The molecule has 21 heavy (non-hydrogen) atoms. The number of nitrogens with zero attached hydrogens (tertiary/aromatic N) is 1. The number of aliphatic imine (C=N–C) groups is 1. The molecule has 1 saturated carbocycles. The van der Waals surface area contributed by atoms with Crippen LogP contribution < -0.4 is 16.0 Å². The van der Waals surface area contributed by atoms with Crippen LogP contribution in [0.15, 0.2) is 4.99 Å². The van der Waals surface area contributed by atoms with Gasteiger partial charge < -0.3 is 16.0 Å². The Kier molecular flexibility index (Phi) is 11.8. The molecule has 1 aliphatic rings. The van der Waals surface area contributed by atoms with Crippen LogP contribution in [-0.4, -0.2) is 38.5 Å². The van der Waals surface area contributed by atoms with Crippen molar-refractivity contribution in [2.75, 3.05) is 26.7 Å². The number of guanidine groups is 1. The molecule has 0 aromatic carbocycles. The maximum Gasteiger partial charge on any atom is 0.220 e. The van der Waals surface area contributed by atoms with E-state index in [1.807, 2.05) is 0 Å². The summed E-state index contributed by atoms with van der Waals surface area (Å²) in [6.07, 6.45) is 5.71. The highest BCUT2D eigenvalue weighted by atomic mass is 127. The van der Waals surface area contributed by atoms with Gasteiger partial charge in [0.1, 0.15) is 0 Å². The fourth-order valence-electron chi connectivity index (χ4n) is 2.45. The highest BCUT2D eigenvalue weighted by Gasteiger charge is 2.17. The van der Waals surface area contributed by atoms with Crippen LogP contribution in [0.4, 0.5) is 0 Å². The SMILES string of the molecule is CN=C(NCCNC(=O)CC1CCCC1)NCC(C)C.I. The molecule has 0 radical (unpaired) electrons. The van der Waals surface area contributed by atoms with E-state index < -0.39 is 0 Å². The molecule has 0 aromatic heterocycles. The van der Waals surface area contributed by atoms with Crippen LogP contribution in [0.3, 0.4) is 0 Å². The van der Waals surface area contributed by atoms with Crippen molar-refractivity contribution >= 4 is 35.8 Å². The third kappa shape index (κ3) is 9.92. The standard InChI is InChI=1S/C15H30N4O.HI/c1-12(2)11-19-15(16-3)18-9-8-17-14(20)10-13-6-4-5-7-13;/h12-13H,4-11H2,1-3H3,(H,17,20)(H2,16,18,19);1H. The van der Waals surface area contributed by atoms with Gasteiger partial charge in [-0.3, -0.25) is 9.79 Å². The topological polar surface area (TPSA) is 65.5 Å². The van der Waals surface area contributed by atoms with Crippen molar-refractivity contribution in [3.63, 3.8) is 0 Å². The molecular formula is C15H31IN4O. The van der Waals surface area contributed by atoms with Gasteiger partial charge in [-0.1, -0.05) is 26.7 Å². The molecule has 1 rings (SSSR count). The summed E-state index contributed by atoms with van der Waals surface area (Å²) < 4.78 is 0. The normalized spacial score (nSPS) is 15.7. The predicted octanol–water partition coefficient (Wildman–Crippen LogP) is 2.12. The Bertz CT molecular complexity index is 315. The molecule has 0 heterocycles. The fraction of sp³-hybridized carbons (Fsp3) is 0.867. The average Bonchev–Trinajstić information content (AvgIpc) is 2.90. The molecule has 0 atom stereocenters. The van der Waals surface area contributed by atoms with Crippen LogP contribution >= 0.6 is 24.0 Å². The van der Waals surface area contributed by atoms with Crippen molar-refractivity contribution in [1.29, 1.82) is 0 Å². The maximum absolute atomic E-state index is 11.7. The molecule has 6 heteroatoms. The lowest BCUT2D eigenvalue weighted by atomic mass is 10.0. The van der Waals surface area contributed by atoms with Crippen molar-refractivity contribution in [1.82, 2.24) is 16.0 Å². The molecule has 5 nitrogen and oxygen atoms in total. The van der Waals surface area contributed by atoms with Crippen LogP contribution in [0.5, 0.6) is 0 Å². The molecule has 0 saturated heterocycles. The van der Waals surface area contributed by atoms with E-state index in [2.05, 4.69) is 34.8 Å². The Morgan fingerprint density at radius 2 is 1.76 bits per heavy atom. The molecule has 1 amide bonds. The first kappa shape index (κ1) is 20.5. The largest absolute Gasteiger partial charge is 0.356 e. The van der Waals surface area contributed by atoms with Crippen molar-refractivity contribution in [2.24, 2.45) is 16.8 Å². The highest BCUT2D eigenvalue weighted by molar-refractivity contribution is 14.0. The van der Waals surface area contributed by atoms with E-state index in [4.69, 9.17) is 0 Å². The number of amides is 1. The van der Waals surface area contributed by atoms with Gasteiger partial charge in [0.15, 0.2) is 5.96 Å². The van der Waals surface area contributed by atoms with Gasteiger partial charge in [0.25, 0.3) is 0 Å². The number of halogens is 1. The lowest BCUT2D eigenvalue weighted by Gasteiger charge is -2.14. The van der Waals surface area contributed by atoms with Crippen molar-refractivity contribution in [3.05, 3.63) is 0 Å². The predicted molar refractivity (Wildman–Crippen MR) is 99.2 cm³/mol. The summed E-state index contributed by atoms with van der Waals surface area (Å²) in [4.78, 5) is 15.9. The number of hydrogen-bond acceptors (Lipinski definition) is 2. The first-order chi connectivity index (χ1) is 9.61. The molecule has 0 spiro atoms. The summed E-state index contributed by atoms with van der Waals surface area (Å²) in [5, 5.41) is 9.41. The minimum absolute atomic E-state index is 0. The van der Waals surface area contributed by atoms with Gasteiger partial charge >= 0.3 is 0 Å². The molecule has 0 aliphatic heterocycles. The monoisotopic (exact) mass is 410 g/mol. The smallest absolute Gasteiger partial charge is 0.220 e. The van der Waals surface area contributed by atoms with Gasteiger partial charge in [-0.25, -0.2) is 0 Å². The first-order valence-corrected chi connectivity index (χ1v) is 7.83. The second-order valence-electron chi connectivity index (χ2n) is 5.98. The number of carbonyl (C=O) groups excluding carboxylic acids is 1. The van der Waals surface area contributed by atoms with E-state index in [0.29, 0.717) is 31.3 Å². The van der Waals surface area contributed by atoms with Crippen LogP contribution in [0.1, 0.15) is 46.0 Å². The number of rotatable bonds is 7. The fourth-order valence-corrected chi connectivity index (χ4v) is 2.45. The summed E-state index contributed by atoms with van der Waals surface area (Å²) >= 11 is 0. The Hall–Kier alpha value is -0.530. The summed E-state index contributed by atoms with van der Waals surface area (Å²) in [6.45, 7) is 6.56. The average molecular weight is 410 g/mol. The maximum atomic E-state index is 11.7. The second kappa shape index (κ2) is 12.1. The minimum atomic E-state index is 0. The molecule has 1 fully saturated rings.